The number of carboxylic acid groups (broad SMARTS) is 1. The molecule has 340 valence electrons. The lowest BCUT2D eigenvalue weighted by Crippen LogP contribution is -2.40. The van der Waals surface area contributed by atoms with Gasteiger partial charge in [0.15, 0.2) is 0 Å². The van der Waals surface area contributed by atoms with E-state index in [9.17, 15) is 19.8 Å². The van der Waals surface area contributed by atoms with Crippen molar-refractivity contribution in [1.29, 1.82) is 0 Å². The summed E-state index contributed by atoms with van der Waals surface area (Å²) in [6.45, 7) is 9.80. The summed E-state index contributed by atoms with van der Waals surface area (Å²) in [6.07, 6.45) is 14.7. The average Bonchev–Trinajstić information content (AvgIpc) is 3.74. The van der Waals surface area contributed by atoms with Crippen LogP contribution in [-0.4, -0.2) is 46.1 Å². The van der Waals surface area contributed by atoms with E-state index in [1.165, 1.54) is 25.7 Å². The molecular weight excluding hydrogens is 817 g/mol. The molecule has 3 aromatic carbocycles. The molecule has 3 N–H and O–H groups in total. The van der Waals surface area contributed by atoms with Gasteiger partial charge in [-0.1, -0.05) is 152 Å². The molecule has 3 aromatic rings. The number of hydrogen-bond donors (Lipinski definition) is 3. The SMILES string of the molecule is C.C.C.C1CCOC1.CC(C)(C)OC(=O)C[C@H]1CCCC[C@]1(O)c1ccccc1.CC[C@H]1CCCC[C@]1(O)c1ccccc1.O=C(O)/C=C/c1ccccc1.S.S.S.S. The van der Waals surface area contributed by atoms with E-state index in [1.807, 2.05) is 99.6 Å². The molecule has 3 aliphatic rings. The topological polar surface area (TPSA) is 113 Å². The van der Waals surface area contributed by atoms with Crippen molar-refractivity contribution < 1.29 is 34.4 Å². The number of hydrogen-bond acceptors (Lipinski definition) is 6. The van der Waals surface area contributed by atoms with E-state index in [2.05, 4.69) is 19.1 Å². The van der Waals surface area contributed by atoms with Crippen molar-refractivity contribution in [2.45, 2.75) is 144 Å². The van der Waals surface area contributed by atoms with Gasteiger partial charge in [0.2, 0.25) is 0 Å². The Morgan fingerprint density at radius 2 is 1.08 bits per heavy atom. The van der Waals surface area contributed by atoms with E-state index < -0.39 is 22.8 Å². The third-order valence-electron chi connectivity index (χ3n) is 9.99. The number of esters is 1. The van der Waals surface area contributed by atoms with Crippen molar-refractivity contribution in [3.63, 3.8) is 0 Å². The van der Waals surface area contributed by atoms with Gasteiger partial charge in [0.25, 0.3) is 0 Å². The normalized spacial score (nSPS) is 21.3. The lowest BCUT2D eigenvalue weighted by atomic mass is 9.70. The van der Waals surface area contributed by atoms with Gasteiger partial charge in [0.1, 0.15) is 5.60 Å². The van der Waals surface area contributed by atoms with E-state index in [0.29, 0.717) is 12.3 Å². The van der Waals surface area contributed by atoms with Crippen LogP contribution in [0.3, 0.4) is 0 Å². The van der Waals surface area contributed by atoms with E-state index in [0.717, 1.165) is 74.5 Å². The molecule has 0 spiro atoms. The molecule has 1 aliphatic heterocycles. The molecule has 6 rings (SSSR count). The first-order chi connectivity index (χ1) is 24.9. The van der Waals surface area contributed by atoms with Crippen LogP contribution in [0.5, 0.6) is 0 Å². The first kappa shape index (κ1) is 65.7. The third kappa shape index (κ3) is 23.4. The lowest BCUT2D eigenvalue weighted by molar-refractivity contribution is -0.160. The highest BCUT2D eigenvalue weighted by molar-refractivity contribution is 7.59. The zero-order valence-electron chi connectivity index (χ0n) is 33.8. The quantitative estimate of drug-likeness (QED) is 0.160. The Morgan fingerprint density at radius 3 is 1.46 bits per heavy atom. The van der Waals surface area contributed by atoms with Crippen molar-refractivity contribution in [1.82, 2.24) is 0 Å². The maximum absolute atomic E-state index is 12.1. The Hall–Kier alpha value is -2.38. The second-order valence-corrected chi connectivity index (χ2v) is 15.1. The zero-order valence-corrected chi connectivity index (χ0v) is 37.8. The number of carbonyl (C=O) groups is 2. The maximum atomic E-state index is 12.1. The monoisotopic (exact) mass is 898 g/mol. The Balaban J connectivity index is -0.000000228. The van der Waals surface area contributed by atoms with Crippen LogP contribution in [0.1, 0.15) is 144 Å². The highest BCUT2D eigenvalue weighted by atomic mass is 32.1. The second kappa shape index (κ2) is 34.2. The van der Waals surface area contributed by atoms with Crippen molar-refractivity contribution in [3.8, 4) is 0 Å². The third-order valence-corrected chi connectivity index (χ3v) is 9.99. The molecule has 59 heavy (non-hydrogen) atoms. The summed E-state index contributed by atoms with van der Waals surface area (Å²) in [5.41, 5.74) is 0.978. The van der Waals surface area contributed by atoms with Crippen molar-refractivity contribution in [3.05, 3.63) is 114 Å². The molecule has 0 aromatic heterocycles. The van der Waals surface area contributed by atoms with Crippen molar-refractivity contribution in [2.24, 2.45) is 11.8 Å². The number of carbonyl (C=O) groups excluding carboxylic acids is 1. The Labute approximate surface area is 387 Å². The van der Waals surface area contributed by atoms with E-state index in [4.69, 9.17) is 14.6 Å². The highest BCUT2D eigenvalue weighted by Crippen LogP contribution is 2.44. The number of benzene rings is 3. The van der Waals surface area contributed by atoms with E-state index in [-0.39, 0.29) is 94.6 Å². The molecule has 3 fully saturated rings. The van der Waals surface area contributed by atoms with Crippen LogP contribution >= 0.6 is 54.0 Å². The summed E-state index contributed by atoms with van der Waals surface area (Å²) in [5, 5.41) is 30.2. The fraction of sp³-hybridized carbons (Fsp3) is 0.542. The number of rotatable bonds is 7. The first-order valence-corrected chi connectivity index (χ1v) is 19.2. The van der Waals surface area contributed by atoms with Crippen LogP contribution in [0, 0.1) is 11.8 Å². The molecule has 0 radical (unpaired) electrons. The van der Waals surface area contributed by atoms with Gasteiger partial charge >= 0.3 is 11.9 Å². The van der Waals surface area contributed by atoms with Crippen LogP contribution in [0.25, 0.3) is 6.08 Å². The van der Waals surface area contributed by atoms with Crippen LogP contribution in [0.4, 0.5) is 0 Å². The maximum Gasteiger partial charge on any atom is 0.328 e. The molecule has 1 saturated heterocycles. The van der Waals surface area contributed by atoms with Crippen LogP contribution in [-0.2, 0) is 30.3 Å². The summed E-state index contributed by atoms with van der Waals surface area (Å²) >= 11 is 0. The number of ether oxygens (including phenoxy) is 2. The molecule has 1 heterocycles. The summed E-state index contributed by atoms with van der Waals surface area (Å²) in [4.78, 5) is 22.2. The predicted octanol–water partition coefficient (Wildman–Crippen LogP) is 12.2. The minimum atomic E-state index is -0.922. The van der Waals surface area contributed by atoms with Gasteiger partial charge in [0, 0.05) is 25.2 Å². The largest absolute Gasteiger partial charge is 0.478 e. The van der Waals surface area contributed by atoms with Crippen LogP contribution in [0.2, 0.25) is 0 Å². The zero-order chi connectivity index (χ0) is 37.9. The summed E-state index contributed by atoms with van der Waals surface area (Å²) in [7, 11) is 0. The van der Waals surface area contributed by atoms with Gasteiger partial charge in [-0.05, 0) is 88.0 Å². The fourth-order valence-corrected chi connectivity index (χ4v) is 7.31. The minimum absolute atomic E-state index is 0. The second-order valence-electron chi connectivity index (χ2n) is 15.1. The van der Waals surface area contributed by atoms with Crippen molar-refractivity contribution in [2.75, 3.05) is 13.2 Å². The van der Waals surface area contributed by atoms with E-state index >= 15 is 0 Å². The Morgan fingerprint density at radius 1 is 0.678 bits per heavy atom. The van der Waals surface area contributed by atoms with Crippen molar-refractivity contribution >= 4 is 72.0 Å². The van der Waals surface area contributed by atoms with Gasteiger partial charge in [0.05, 0.1) is 17.6 Å². The van der Waals surface area contributed by atoms with Gasteiger partial charge in [-0.25, -0.2) is 4.79 Å². The molecule has 0 unspecified atom stereocenters. The predicted molar refractivity (Wildman–Crippen MR) is 270 cm³/mol. The van der Waals surface area contributed by atoms with Gasteiger partial charge in [-0.15, -0.1) is 0 Å². The smallest absolute Gasteiger partial charge is 0.328 e. The molecule has 0 amide bonds. The lowest BCUT2D eigenvalue weighted by Gasteiger charge is -2.40. The molecule has 11 heteroatoms. The van der Waals surface area contributed by atoms with Crippen LogP contribution in [0.15, 0.2) is 97.1 Å². The standard InChI is InChI=1S/C18H26O3.C14H20O.C9H8O2.C4H8O.3CH4.4H2S/c1-17(2,3)21-16(19)13-15-11-7-8-12-18(15,20)14-9-5-4-6-10-14;1-2-12-8-6-7-11-14(12,15)13-9-4-3-5-10-13;10-9(11)7-6-8-4-2-1-3-5-8;1-2-4-5-3-1;;;;;;;/h4-6,9-10,15,20H,7-8,11-13H2,1-3H3;3-5,9-10,12,15H,2,6-8,11H2,1H3;1-7H,(H,10,11);1-4H2;3*1H4;4*1H2/b;;7-6+;;;;;;;;/t15-,18+;12-,14+;;;;;;;;;/m10........./s1. The molecule has 7 nitrogen and oxygen atoms in total. The number of aliphatic carboxylic acids is 1. The molecule has 2 aliphatic carbocycles. The first-order valence-electron chi connectivity index (χ1n) is 19.2. The summed E-state index contributed by atoms with van der Waals surface area (Å²) in [6, 6.07) is 29.2. The number of carboxylic acids is 1. The Kier molecular flexibility index (Phi) is 38.1. The molecular formula is C48H82O7S4. The minimum Gasteiger partial charge on any atom is -0.478 e. The molecule has 4 atom stereocenters. The van der Waals surface area contributed by atoms with Gasteiger partial charge < -0.3 is 24.8 Å². The molecule has 2 saturated carbocycles. The van der Waals surface area contributed by atoms with Crippen LogP contribution < -0.4 is 0 Å². The van der Waals surface area contributed by atoms with Gasteiger partial charge in [-0.3, -0.25) is 4.79 Å². The average molecular weight is 899 g/mol. The van der Waals surface area contributed by atoms with E-state index in [1.54, 1.807) is 6.08 Å². The Bertz CT molecular complexity index is 1480. The number of aliphatic hydroxyl groups is 2. The highest BCUT2D eigenvalue weighted by Gasteiger charge is 2.42. The van der Waals surface area contributed by atoms with Gasteiger partial charge in [-0.2, -0.15) is 54.0 Å². The fourth-order valence-electron chi connectivity index (χ4n) is 7.31. The molecule has 0 bridgehead atoms. The summed E-state index contributed by atoms with van der Waals surface area (Å²) in [5.74, 6) is -0.769. The summed E-state index contributed by atoms with van der Waals surface area (Å²) < 4.78 is 10.4.